The zero-order valence-corrected chi connectivity index (χ0v) is 14.9. The number of nitro benzene ring substituents is 1. The van der Waals surface area contributed by atoms with Crippen LogP contribution >= 0.6 is 11.6 Å². The van der Waals surface area contributed by atoms with Crippen LogP contribution in [-0.4, -0.2) is 23.0 Å². The fourth-order valence-electron chi connectivity index (χ4n) is 2.18. The maximum atomic E-state index is 12.2. The van der Waals surface area contributed by atoms with E-state index in [9.17, 15) is 25.3 Å². The maximum Gasteiger partial charge on any atom is 0.312 e. The molecule has 0 saturated carbocycles. The van der Waals surface area contributed by atoms with Crippen LogP contribution in [0.3, 0.4) is 0 Å². The lowest BCUT2D eigenvalue weighted by molar-refractivity contribution is -0.385. The number of hydrogen-bond donors (Lipinski definition) is 2. The molecule has 2 aromatic rings. The number of phenolic OH excluding ortho intramolecular Hbond substituents is 1. The van der Waals surface area contributed by atoms with Crippen LogP contribution in [0.1, 0.15) is 11.1 Å². The molecule has 0 aliphatic heterocycles. The van der Waals surface area contributed by atoms with Crippen LogP contribution in [0.2, 0.25) is 5.02 Å². The van der Waals surface area contributed by atoms with Gasteiger partial charge in [-0.1, -0.05) is 23.7 Å². The Hall–Kier alpha value is -3.57. The minimum atomic E-state index is -0.811. The number of nitro groups is 1. The molecule has 0 aliphatic rings. The van der Waals surface area contributed by atoms with E-state index in [2.05, 4.69) is 5.32 Å². The molecule has 0 heterocycles. The van der Waals surface area contributed by atoms with Gasteiger partial charge in [-0.3, -0.25) is 14.9 Å². The molecule has 0 aliphatic carbocycles. The molecule has 9 heteroatoms. The Balaban J connectivity index is 2.21. The zero-order chi connectivity index (χ0) is 20.0. The number of carbonyl (C=O) groups is 1. The van der Waals surface area contributed by atoms with Crippen molar-refractivity contribution in [3.63, 3.8) is 0 Å². The summed E-state index contributed by atoms with van der Waals surface area (Å²) in [6.07, 6.45) is 1.04. The molecule has 0 spiro atoms. The second kappa shape index (κ2) is 8.69. The monoisotopic (exact) mass is 387 g/mol. The van der Waals surface area contributed by atoms with Crippen LogP contribution in [0, 0.1) is 21.4 Å². The number of rotatable bonds is 6. The van der Waals surface area contributed by atoms with E-state index in [-0.39, 0.29) is 22.7 Å². The summed E-state index contributed by atoms with van der Waals surface area (Å²) in [6, 6.07) is 10.9. The van der Waals surface area contributed by atoms with Crippen LogP contribution in [0.5, 0.6) is 11.5 Å². The van der Waals surface area contributed by atoms with Crippen molar-refractivity contribution in [3.8, 4) is 17.6 Å². The fourth-order valence-corrected chi connectivity index (χ4v) is 2.40. The summed E-state index contributed by atoms with van der Waals surface area (Å²) in [4.78, 5) is 22.3. The predicted octanol–water partition coefficient (Wildman–Crippen LogP) is 3.19. The molecule has 8 nitrogen and oxygen atoms in total. The molecular formula is C18H14ClN3O5. The molecule has 138 valence electrons. The Labute approximate surface area is 159 Å². The highest BCUT2D eigenvalue weighted by Gasteiger charge is 2.19. The first-order chi connectivity index (χ1) is 12.8. The lowest BCUT2D eigenvalue weighted by Gasteiger charge is -2.06. The fraction of sp³-hybridized carbons (Fsp3) is 0.111. The molecule has 0 saturated heterocycles. The van der Waals surface area contributed by atoms with E-state index in [1.807, 2.05) is 0 Å². The highest BCUT2D eigenvalue weighted by Crippen LogP contribution is 2.34. The average molecular weight is 388 g/mol. The number of amides is 1. The summed E-state index contributed by atoms with van der Waals surface area (Å²) < 4.78 is 5.04. The first-order valence-electron chi connectivity index (χ1n) is 7.55. The van der Waals surface area contributed by atoms with Gasteiger partial charge in [0.25, 0.3) is 5.91 Å². The van der Waals surface area contributed by atoms with E-state index in [0.717, 1.165) is 17.7 Å². The second-order valence-electron chi connectivity index (χ2n) is 5.32. The van der Waals surface area contributed by atoms with Gasteiger partial charge in [0.15, 0.2) is 0 Å². The quantitative estimate of drug-likeness (QED) is 0.339. The molecule has 0 unspecified atom stereocenters. The van der Waals surface area contributed by atoms with Crippen molar-refractivity contribution in [2.75, 3.05) is 7.11 Å². The third-order valence-electron chi connectivity index (χ3n) is 3.56. The van der Waals surface area contributed by atoms with Crippen molar-refractivity contribution >= 4 is 29.3 Å². The molecule has 2 aromatic carbocycles. The van der Waals surface area contributed by atoms with Gasteiger partial charge < -0.3 is 15.2 Å². The standard InChI is InChI=1S/C18H14ClN3O5/c1-27-15-4-2-11(3-5-15)10-21-18(24)13(9-20)6-12-7-14(19)8-16(17(12)23)22(25)26/h2-8,23H,10H2,1H3,(H,21,24)/b13-6-. The third-order valence-corrected chi connectivity index (χ3v) is 3.78. The maximum absolute atomic E-state index is 12.2. The highest BCUT2D eigenvalue weighted by atomic mass is 35.5. The largest absolute Gasteiger partial charge is 0.502 e. The third kappa shape index (κ3) is 4.96. The summed E-state index contributed by atoms with van der Waals surface area (Å²) in [7, 11) is 1.54. The number of nitrogens with one attached hydrogen (secondary N) is 1. The van der Waals surface area contributed by atoms with Crippen molar-refractivity contribution in [2.24, 2.45) is 0 Å². The lowest BCUT2D eigenvalue weighted by Crippen LogP contribution is -2.23. The summed E-state index contributed by atoms with van der Waals surface area (Å²) in [5.74, 6) is -0.712. The summed E-state index contributed by atoms with van der Waals surface area (Å²) in [5, 5.41) is 32.7. The van der Waals surface area contributed by atoms with E-state index in [0.29, 0.717) is 5.75 Å². The topological polar surface area (TPSA) is 125 Å². The van der Waals surface area contributed by atoms with Gasteiger partial charge in [0.1, 0.15) is 17.4 Å². The number of nitriles is 1. The van der Waals surface area contributed by atoms with Gasteiger partial charge in [0.05, 0.1) is 12.0 Å². The van der Waals surface area contributed by atoms with Crippen LogP contribution in [0.4, 0.5) is 5.69 Å². The Morgan fingerprint density at radius 1 is 1.41 bits per heavy atom. The lowest BCUT2D eigenvalue weighted by atomic mass is 10.1. The molecule has 2 N–H and O–H groups in total. The van der Waals surface area contributed by atoms with E-state index >= 15 is 0 Å². The average Bonchev–Trinajstić information content (AvgIpc) is 2.66. The van der Waals surface area contributed by atoms with Crippen molar-refractivity contribution in [3.05, 3.63) is 68.2 Å². The SMILES string of the molecule is COc1ccc(CNC(=O)/C(C#N)=C\c2cc(Cl)cc([N+](=O)[O-])c2O)cc1. The number of aromatic hydroxyl groups is 1. The minimum absolute atomic E-state index is 0.0123. The van der Waals surface area contributed by atoms with Gasteiger partial charge in [-0.05, 0) is 29.8 Å². The number of halogens is 1. The van der Waals surface area contributed by atoms with Crippen molar-refractivity contribution in [1.29, 1.82) is 5.26 Å². The normalized spacial score (nSPS) is 10.8. The Morgan fingerprint density at radius 3 is 2.63 bits per heavy atom. The first-order valence-corrected chi connectivity index (χ1v) is 7.93. The molecule has 2 rings (SSSR count). The van der Waals surface area contributed by atoms with Crippen LogP contribution < -0.4 is 10.1 Å². The van der Waals surface area contributed by atoms with E-state index in [1.54, 1.807) is 30.3 Å². The molecule has 1 amide bonds. The van der Waals surface area contributed by atoms with E-state index in [1.165, 1.54) is 13.2 Å². The number of benzene rings is 2. The summed E-state index contributed by atoms with van der Waals surface area (Å²) in [6.45, 7) is 0.156. The van der Waals surface area contributed by atoms with E-state index in [4.69, 9.17) is 16.3 Å². The molecule has 0 bridgehead atoms. The van der Waals surface area contributed by atoms with Gasteiger partial charge >= 0.3 is 5.69 Å². The molecule has 0 aromatic heterocycles. The van der Waals surface area contributed by atoms with Crippen molar-refractivity contribution in [1.82, 2.24) is 5.32 Å². The van der Waals surface area contributed by atoms with Crippen LogP contribution in [-0.2, 0) is 11.3 Å². The smallest absolute Gasteiger partial charge is 0.312 e. The van der Waals surface area contributed by atoms with Gasteiger partial charge in [-0.2, -0.15) is 5.26 Å². The van der Waals surface area contributed by atoms with Gasteiger partial charge in [0, 0.05) is 23.2 Å². The highest BCUT2D eigenvalue weighted by molar-refractivity contribution is 6.31. The molecule has 0 atom stereocenters. The minimum Gasteiger partial charge on any atom is -0.502 e. The number of ether oxygens (including phenoxy) is 1. The first kappa shape index (κ1) is 19.8. The van der Waals surface area contributed by atoms with Gasteiger partial charge in [-0.25, -0.2) is 0 Å². The molecule has 0 fully saturated rings. The number of nitrogens with zero attached hydrogens (tertiary/aromatic N) is 2. The Bertz CT molecular complexity index is 949. The molecule has 27 heavy (non-hydrogen) atoms. The number of carbonyl (C=O) groups excluding carboxylic acids is 1. The zero-order valence-electron chi connectivity index (χ0n) is 14.1. The van der Waals surface area contributed by atoms with Crippen molar-refractivity contribution < 1.29 is 19.6 Å². The number of methoxy groups -OCH3 is 1. The Morgan fingerprint density at radius 2 is 2.07 bits per heavy atom. The van der Waals surface area contributed by atoms with Crippen LogP contribution in [0.25, 0.3) is 6.08 Å². The van der Waals surface area contributed by atoms with Gasteiger partial charge in [-0.15, -0.1) is 0 Å². The van der Waals surface area contributed by atoms with Crippen molar-refractivity contribution in [2.45, 2.75) is 6.54 Å². The molecular weight excluding hydrogens is 374 g/mol. The Kier molecular flexibility index (Phi) is 6.36. The van der Waals surface area contributed by atoms with Gasteiger partial charge in [0.2, 0.25) is 5.75 Å². The number of phenols is 1. The summed E-state index contributed by atoms with van der Waals surface area (Å²) >= 11 is 5.80. The molecule has 0 radical (unpaired) electrons. The second-order valence-corrected chi connectivity index (χ2v) is 5.76. The van der Waals surface area contributed by atoms with E-state index < -0.39 is 22.3 Å². The predicted molar refractivity (Wildman–Crippen MR) is 98.2 cm³/mol. The summed E-state index contributed by atoms with van der Waals surface area (Å²) in [5.41, 5.74) is -0.284. The number of hydrogen-bond acceptors (Lipinski definition) is 6. The van der Waals surface area contributed by atoms with Crippen LogP contribution in [0.15, 0.2) is 42.0 Å².